The molecule has 2 atom stereocenters. The minimum atomic E-state index is -0.0104. The molecule has 1 N–H and O–H groups in total. The fraction of sp³-hybridized carbons (Fsp3) is 0.714. The average Bonchev–Trinajstić information content (AvgIpc) is 2.96. The fourth-order valence-corrected chi connectivity index (χ4v) is 3.49. The maximum atomic E-state index is 12.6. The molecule has 104 valence electrons. The molecular weight excluding hydrogens is 242 g/mol. The normalized spacial score (nSPS) is 29.5. The smallest absolute Gasteiger partial charge is 0.291 e. The van der Waals surface area contributed by atoms with Crippen molar-refractivity contribution >= 4 is 5.91 Å². The van der Waals surface area contributed by atoms with Crippen LogP contribution in [0.3, 0.4) is 0 Å². The first-order valence-corrected chi connectivity index (χ1v) is 7.16. The number of nitrogens with one attached hydrogen (secondary N) is 1. The number of hydrogen-bond donors (Lipinski definition) is 1. The molecule has 0 radical (unpaired) electrons. The molecule has 1 aromatic heterocycles. The van der Waals surface area contributed by atoms with Crippen molar-refractivity contribution in [3.8, 4) is 0 Å². The Morgan fingerprint density at radius 1 is 1.47 bits per heavy atom. The third-order valence-corrected chi connectivity index (χ3v) is 4.43. The van der Waals surface area contributed by atoms with E-state index in [2.05, 4.69) is 10.3 Å². The van der Waals surface area contributed by atoms with Gasteiger partial charge >= 0.3 is 0 Å². The number of aryl methyl sites for hydroxylation is 1. The number of carbonyl (C=O) groups excluding carboxylic acids is 1. The van der Waals surface area contributed by atoms with Crippen LogP contribution in [0.25, 0.3) is 0 Å². The summed E-state index contributed by atoms with van der Waals surface area (Å²) in [7, 11) is 0. The van der Waals surface area contributed by atoms with Gasteiger partial charge in [0.05, 0.1) is 5.69 Å². The van der Waals surface area contributed by atoms with Crippen molar-refractivity contribution in [2.24, 2.45) is 0 Å². The van der Waals surface area contributed by atoms with E-state index in [1.54, 1.807) is 0 Å². The third kappa shape index (κ3) is 2.27. The van der Waals surface area contributed by atoms with Crippen LogP contribution < -0.4 is 5.32 Å². The molecule has 5 nitrogen and oxygen atoms in total. The third-order valence-electron chi connectivity index (χ3n) is 4.43. The predicted octanol–water partition coefficient (Wildman–Crippen LogP) is 1.73. The molecule has 1 amide bonds. The lowest BCUT2D eigenvalue weighted by Gasteiger charge is -2.36. The van der Waals surface area contributed by atoms with Crippen LogP contribution in [0.4, 0.5) is 0 Å². The van der Waals surface area contributed by atoms with Gasteiger partial charge < -0.3 is 14.6 Å². The Bertz CT molecular complexity index is 459. The van der Waals surface area contributed by atoms with Crippen LogP contribution >= 0.6 is 0 Å². The molecule has 1 aromatic rings. The molecule has 3 rings (SSSR count). The SMILES string of the molecule is CCN(C(=O)c1ocnc1C)C1CC2CCC(C1)N2. The summed E-state index contributed by atoms with van der Waals surface area (Å²) in [6, 6.07) is 1.50. The van der Waals surface area contributed by atoms with Gasteiger partial charge in [-0.2, -0.15) is 0 Å². The van der Waals surface area contributed by atoms with E-state index in [1.165, 1.54) is 19.2 Å². The summed E-state index contributed by atoms with van der Waals surface area (Å²) in [5.41, 5.74) is 0.681. The molecule has 2 aliphatic rings. The lowest BCUT2D eigenvalue weighted by molar-refractivity contribution is 0.0598. The molecule has 2 saturated heterocycles. The number of nitrogens with zero attached hydrogens (tertiary/aromatic N) is 2. The van der Waals surface area contributed by atoms with Crippen LogP contribution in [0.1, 0.15) is 48.9 Å². The highest BCUT2D eigenvalue weighted by molar-refractivity contribution is 5.92. The van der Waals surface area contributed by atoms with Gasteiger partial charge in [-0.15, -0.1) is 0 Å². The second kappa shape index (κ2) is 4.96. The van der Waals surface area contributed by atoms with Gasteiger partial charge in [-0.05, 0) is 39.5 Å². The van der Waals surface area contributed by atoms with Crippen LogP contribution in [0.15, 0.2) is 10.8 Å². The molecule has 19 heavy (non-hydrogen) atoms. The molecule has 2 fully saturated rings. The second-order valence-electron chi connectivity index (χ2n) is 5.62. The van der Waals surface area contributed by atoms with Crippen LogP contribution in [-0.4, -0.2) is 40.5 Å². The van der Waals surface area contributed by atoms with Gasteiger partial charge in [-0.25, -0.2) is 4.98 Å². The van der Waals surface area contributed by atoms with E-state index in [1.807, 2.05) is 18.7 Å². The van der Waals surface area contributed by atoms with E-state index in [0.29, 0.717) is 29.6 Å². The number of aromatic nitrogens is 1. The maximum Gasteiger partial charge on any atom is 0.291 e. The first-order chi connectivity index (χ1) is 9.19. The summed E-state index contributed by atoms with van der Waals surface area (Å²) < 4.78 is 5.25. The Morgan fingerprint density at radius 2 is 2.16 bits per heavy atom. The number of fused-ring (bicyclic) bond motifs is 2. The Labute approximate surface area is 113 Å². The van der Waals surface area contributed by atoms with Crippen molar-refractivity contribution < 1.29 is 9.21 Å². The quantitative estimate of drug-likeness (QED) is 0.902. The molecule has 5 heteroatoms. The molecule has 0 aromatic carbocycles. The van der Waals surface area contributed by atoms with Crippen molar-refractivity contribution in [1.82, 2.24) is 15.2 Å². The van der Waals surface area contributed by atoms with E-state index in [9.17, 15) is 4.79 Å². The minimum absolute atomic E-state index is 0.0104. The first-order valence-electron chi connectivity index (χ1n) is 7.16. The minimum Gasteiger partial charge on any atom is -0.438 e. The van der Waals surface area contributed by atoms with Crippen LogP contribution in [-0.2, 0) is 0 Å². The lowest BCUT2D eigenvalue weighted by atomic mass is 9.98. The molecule has 0 saturated carbocycles. The monoisotopic (exact) mass is 263 g/mol. The Balaban J connectivity index is 1.77. The number of oxazole rings is 1. The Kier molecular flexibility index (Phi) is 3.31. The van der Waals surface area contributed by atoms with Gasteiger partial charge in [0.1, 0.15) is 0 Å². The van der Waals surface area contributed by atoms with Gasteiger partial charge in [0.15, 0.2) is 6.39 Å². The topological polar surface area (TPSA) is 58.4 Å². The molecule has 3 heterocycles. The molecular formula is C14H21N3O2. The predicted molar refractivity (Wildman–Crippen MR) is 70.9 cm³/mol. The van der Waals surface area contributed by atoms with Gasteiger partial charge in [0, 0.05) is 24.7 Å². The standard InChI is InChI=1S/C14H21N3O2/c1-3-17(14(18)13-9(2)15-8-19-13)12-6-10-4-5-11(7-12)16-10/h8,10-12,16H,3-7H2,1-2H3. The molecule has 0 aliphatic carbocycles. The molecule has 2 unspecified atom stereocenters. The summed E-state index contributed by atoms with van der Waals surface area (Å²) in [5.74, 6) is 0.386. The summed E-state index contributed by atoms with van der Waals surface area (Å²) in [4.78, 5) is 18.5. The van der Waals surface area contributed by atoms with E-state index in [4.69, 9.17) is 4.42 Å². The molecule has 2 bridgehead atoms. The highest BCUT2D eigenvalue weighted by Crippen LogP contribution is 2.30. The number of rotatable bonds is 3. The van der Waals surface area contributed by atoms with Gasteiger partial charge in [0.25, 0.3) is 5.91 Å². The summed E-state index contributed by atoms with van der Waals surface area (Å²) in [5, 5.41) is 3.61. The highest BCUT2D eigenvalue weighted by Gasteiger charge is 2.38. The van der Waals surface area contributed by atoms with Crippen molar-refractivity contribution in [3.63, 3.8) is 0 Å². The zero-order chi connectivity index (χ0) is 13.4. The largest absolute Gasteiger partial charge is 0.438 e. The highest BCUT2D eigenvalue weighted by atomic mass is 16.3. The van der Waals surface area contributed by atoms with Crippen molar-refractivity contribution in [1.29, 1.82) is 0 Å². The summed E-state index contributed by atoms with van der Waals surface area (Å²) in [6.45, 7) is 4.58. The number of amides is 1. The van der Waals surface area contributed by atoms with E-state index < -0.39 is 0 Å². The van der Waals surface area contributed by atoms with Crippen LogP contribution in [0.2, 0.25) is 0 Å². The van der Waals surface area contributed by atoms with E-state index in [0.717, 1.165) is 19.4 Å². The number of hydrogen-bond acceptors (Lipinski definition) is 4. The van der Waals surface area contributed by atoms with Crippen LogP contribution in [0, 0.1) is 6.92 Å². The lowest BCUT2D eigenvalue weighted by Crippen LogP contribution is -2.50. The van der Waals surface area contributed by atoms with E-state index >= 15 is 0 Å². The number of carbonyl (C=O) groups is 1. The molecule has 0 spiro atoms. The fourth-order valence-electron chi connectivity index (χ4n) is 3.49. The zero-order valence-corrected chi connectivity index (χ0v) is 11.6. The number of piperidine rings is 1. The van der Waals surface area contributed by atoms with Gasteiger partial charge in [0.2, 0.25) is 5.76 Å². The van der Waals surface area contributed by atoms with Crippen molar-refractivity contribution in [3.05, 3.63) is 17.8 Å². The molecule has 2 aliphatic heterocycles. The first kappa shape index (κ1) is 12.7. The average molecular weight is 263 g/mol. The summed E-state index contributed by atoms with van der Waals surface area (Å²) in [6.07, 6.45) is 5.96. The zero-order valence-electron chi connectivity index (χ0n) is 11.6. The van der Waals surface area contributed by atoms with Gasteiger partial charge in [-0.1, -0.05) is 0 Å². The van der Waals surface area contributed by atoms with Crippen molar-refractivity contribution in [2.75, 3.05) is 6.54 Å². The van der Waals surface area contributed by atoms with Crippen molar-refractivity contribution in [2.45, 2.75) is 57.7 Å². The Morgan fingerprint density at radius 3 is 2.68 bits per heavy atom. The summed E-state index contributed by atoms with van der Waals surface area (Å²) >= 11 is 0. The van der Waals surface area contributed by atoms with Crippen LogP contribution in [0.5, 0.6) is 0 Å². The van der Waals surface area contributed by atoms with E-state index in [-0.39, 0.29) is 5.91 Å². The Hall–Kier alpha value is -1.36. The maximum absolute atomic E-state index is 12.6. The van der Waals surface area contributed by atoms with Gasteiger partial charge in [-0.3, -0.25) is 4.79 Å². The second-order valence-corrected chi connectivity index (χ2v) is 5.62.